The highest BCUT2D eigenvalue weighted by atomic mass is 32.2. The highest BCUT2D eigenvalue weighted by molar-refractivity contribution is 7.99. The lowest BCUT2D eigenvalue weighted by Gasteiger charge is -2.16. The van der Waals surface area contributed by atoms with Crippen molar-refractivity contribution >= 4 is 11.8 Å². The molecule has 0 fully saturated rings. The van der Waals surface area contributed by atoms with Gasteiger partial charge in [0.15, 0.2) is 0 Å². The second-order valence-electron chi connectivity index (χ2n) is 4.15. The molecular formula is C14H24N2S. The van der Waals surface area contributed by atoms with Gasteiger partial charge in [0.25, 0.3) is 0 Å². The third-order valence-corrected chi connectivity index (χ3v) is 3.87. The van der Waals surface area contributed by atoms with Gasteiger partial charge in [-0.1, -0.05) is 25.1 Å². The van der Waals surface area contributed by atoms with E-state index < -0.39 is 0 Å². The van der Waals surface area contributed by atoms with Crippen LogP contribution in [0.2, 0.25) is 0 Å². The molecule has 1 aromatic rings. The van der Waals surface area contributed by atoms with Crippen molar-refractivity contribution in [2.75, 3.05) is 25.9 Å². The zero-order chi connectivity index (χ0) is 12.3. The van der Waals surface area contributed by atoms with Crippen LogP contribution in [0.15, 0.2) is 35.2 Å². The summed E-state index contributed by atoms with van der Waals surface area (Å²) in [6.45, 7) is 4.44. The van der Waals surface area contributed by atoms with E-state index >= 15 is 0 Å². The zero-order valence-electron chi connectivity index (χ0n) is 10.9. The maximum Gasteiger partial charge on any atom is 0.0170 e. The molecule has 1 rings (SSSR count). The fourth-order valence-corrected chi connectivity index (χ4v) is 2.68. The molecule has 1 unspecified atom stereocenters. The second kappa shape index (κ2) is 9.51. The summed E-state index contributed by atoms with van der Waals surface area (Å²) in [5, 5.41) is 6.84. The first-order valence-corrected chi connectivity index (χ1v) is 7.41. The predicted molar refractivity (Wildman–Crippen MR) is 77.8 cm³/mol. The third kappa shape index (κ3) is 6.71. The molecule has 2 N–H and O–H groups in total. The van der Waals surface area contributed by atoms with Crippen LogP contribution in [-0.2, 0) is 0 Å². The van der Waals surface area contributed by atoms with Crippen molar-refractivity contribution in [1.82, 2.24) is 10.6 Å². The maximum absolute atomic E-state index is 3.45. The first-order valence-electron chi connectivity index (χ1n) is 6.42. The Labute approximate surface area is 110 Å². The smallest absolute Gasteiger partial charge is 0.0170 e. The van der Waals surface area contributed by atoms with Gasteiger partial charge in [-0.05, 0) is 45.1 Å². The molecule has 0 aliphatic rings. The minimum atomic E-state index is 0.588. The van der Waals surface area contributed by atoms with E-state index in [2.05, 4.69) is 54.9 Å². The molecule has 0 heterocycles. The lowest BCUT2D eigenvalue weighted by molar-refractivity contribution is 0.534. The van der Waals surface area contributed by atoms with E-state index in [1.165, 1.54) is 17.7 Å². The molecule has 0 aromatic heterocycles. The number of rotatable bonds is 9. The van der Waals surface area contributed by atoms with Crippen LogP contribution in [0.1, 0.15) is 19.8 Å². The Balaban J connectivity index is 2.18. The topological polar surface area (TPSA) is 24.1 Å². The van der Waals surface area contributed by atoms with Gasteiger partial charge >= 0.3 is 0 Å². The first-order chi connectivity index (χ1) is 8.36. The average Bonchev–Trinajstić information content (AvgIpc) is 2.39. The lowest BCUT2D eigenvalue weighted by atomic mass is 10.2. The molecule has 96 valence electrons. The third-order valence-electron chi connectivity index (χ3n) is 2.70. The number of thioether (sulfide) groups is 1. The molecular weight excluding hydrogens is 228 g/mol. The predicted octanol–water partition coefficient (Wildman–Crippen LogP) is 2.76. The molecule has 3 heteroatoms. The summed E-state index contributed by atoms with van der Waals surface area (Å²) >= 11 is 1.93. The number of nitrogens with one attached hydrogen (secondary N) is 2. The second-order valence-corrected chi connectivity index (χ2v) is 5.24. The standard InChI is InChI=1S/C14H24N2S/c1-3-10-16-11-9-13(15-2)12-17-14-7-5-4-6-8-14/h4-8,13,15-16H,3,9-12H2,1-2H3. The van der Waals surface area contributed by atoms with Gasteiger partial charge in [-0.2, -0.15) is 0 Å². The molecule has 0 saturated carbocycles. The summed E-state index contributed by atoms with van der Waals surface area (Å²) in [6, 6.07) is 11.2. The molecule has 1 aromatic carbocycles. The van der Waals surface area contributed by atoms with Crippen molar-refractivity contribution in [1.29, 1.82) is 0 Å². The molecule has 0 aliphatic carbocycles. The first kappa shape index (κ1) is 14.6. The molecule has 0 saturated heterocycles. The van der Waals surface area contributed by atoms with Gasteiger partial charge in [-0.15, -0.1) is 11.8 Å². The van der Waals surface area contributed by atoms with E-state index in [0.29, 0.717) is 6.04 Å². The number of benzene rings is 1. The number of hydrogen-bond acceptors (Lipinski definition) is 3. The summed E-state index contributed by atoms with van der Waals surface area (Å²) in [5.41, 5.74) is 0. The summed E-state index contributed by atoms with van der Waals surface area (Å²) < 4.78 is 0. The molecule has 0 radical (unpaired) electrons. The highest BCUT2D eigenvalue weighted by Crippen LogP contribution is 2.18. The van der Waals surface area contributed by atoms with Crippen LogP contribution in [0.25, 0.3) is 0 Å². The van der Waals surface area contributed by atoms with Crippen LogP contribution in [0, 0.1) is 0 Å². The van der Waals surface area contributed by atoms with E-state index in [9.17, 15) is 0 Å². The van der Waals surface area contributed by atoms with Gasteiger partial charge in [0.1, 0.15) is 0 Å². The van der Waals surface area contributed by atoms with Crippen LogP contribution in [0.5, 0.6) is 0 Å². The van der Waals surface area contributed by atoms with Gasteiger partial charge < -0.3 is 10.6 Å². The van der Waals surface area contributed by atoms with Crippen molar-refractivity contribution in [2.24, 2.45) is 0 Å². The van der Waals surface area contributed by atoms with Gasteiger partial charge in [-0.3, -0.25) is 0 Å². The molecule has 17 heavy (non-hydrogen) atoms. The van der Waals surface area contributed by atoms with E-state index in [4.69, 9.17) is 0 Å². The van der Waals surface area contributed by atoms with Crippen molar-refractivity contribution in [2.45, 2.75) is 30.7 Å². The Kier molecular flexibility index (Phi) is 8.14. The Morgan fingerprint density at radius 2 is 1.94 bits per heavy atom. The van der Waals surface area contributed by atoms with Gasteiger partial charge in [0, 0.05) is 16.7 Å². The van der Waals surface area contributed by atoms with Crippen LogP contribution in [0.3, 0.4) is 0 Å². The van der Waals surface area contributed by atoms with Gasteiger partial charge in [0.2, 0.25) is 0 Å². The quantitative estimate of drug-likeness (QED) is 0.522. The molecule has 0 aliphatic heterocycles. The highest BCUT2D eigenvalue weighted by Gasteiger charge is 2.05. The fourth-order valence-electron chi connectivity index (χ4n) is 1.60. The molecule has 0 spiro atoms. The molecule has 1 atom stereocenters. The minimum Gasteiger partial charge on any atom is -0.317 e. The summed E-state index contributed by atoms with van der Waals surface area (Å²) in [6.07, 6.45) is 2.40. The van der Waals surface area contributed by atoms with Crippen LogP contribution in [0.4, 0.5) is 0 Å². The van der Waals surface area contributed by atoms with Crippen LogP contribution >= 0.6 is 11.8 Å². The maximum atomic E-state index is 3.45. The van der Waals surface area contributed by atoms with Crippen LogP contribution < -0.4 is 10.6 Å². The summed E-state index contributed by atoms with van der Waals surface area (Å²) in [7, 11) is 2.05. The van der Waals surface area contributed by atoms with Crippen molar-refractivity contribution < 1.29 is 0 Å². The van der Waals surface area contributed by atoms with Gasteiger partial charge in [-0.25, -0.2) is 0 Å². The van der Waals surface area contributed by atoms with Gasteiger partial charge in [0.05, 0.1) is 0 Å². The van der Waals surface area contributed by atoms with Crippen molar-refractivity contribution in [3.63, 3.8) is 0 Å². The van der Waals surface area contributed by atoms with E-state index in [0.717, 1.165) is 18.8 Å². The molecule has 2 nitrogen and oxygen atoms in total. The Morgan fingerprint density at radius 3 is 2.59 bits per heavy atom. The van der Waals surface area contributed by atoms with Crippen molar-refractivity contribution in [3.05, 3.63) is 30.3 Å². The minimum absolute atomic E-state index is 0.588. The SMILES string of the molecule is CCCNCCC(CSc1ccccc1)NC. The van der Waals surface area contributed by atoms with E-state index in [1.54, 1.807) is 0 Å². The summed E-state index contributed by atoms with van der Waals surface area (Å²) in [5.74, 6) is 1.13. The normalized spacial score (nSPS) is 12.6. The largest absolute Gasteiger partial charge is 0.317 e. The Bertz CT molecular complexity index is 277. The number of hydrogen-bond donors (Lipinski definition) is 2. The Hall–Kier alpha value is -0.510. The van der Waals surface area contributed by atoms with Crippen LogP contribution in [-0.4, -0.2) is 31.9 Å². The molecule has 0 amide bonds. The zero-order valence-corrected chi connectivity index (χ0v) is 11.7. The van der Waals surface area contributed by atoms with Crippen molar-refractivity contribution in [3.8, 4) is 0 Å². The fraction of sp³-hybridized carbons (Fsp3) is 0.571. The van der Waals surface area contributed by atoms with E-state index in [-0.39, 0.29) is 0 Å². The Morgan fingerprint density at radius 1 is 1.18 bits per heavy atom. The molecule has 0 bridgehead atoms. The monoisotopic (exact) mass is 252 g/mol. The lowest BCUT2D eigenvalue weighted by Crippen LogP contribution is -2.32. The average molecular weight is 252 g/mol. The van der Waals surface area contributed by atoms with E-state index in [1.807, 2.05) is 11.8 Å². The summed E-state index contributed by atoms with van der Waals surface area (Å²) in [4.78, 5) is 1.36.